The van der Waals surface area contributed by atoms with Crippen LogP contribution in [0.5, 0.6) is 5.75 Å². The van der Waals surface area contributed by atoms with Gasteiger partial charge in [-0.2, -0.15) is 5.10 Å². The third-order valence-electron chi connectivity index (χ3n) is 3.75. The number of furan rings is 1. The van der Waals surface area contributed by atoms with E-state index in [0.717, 1.165) is 16.9 Å². The molecule has 2 aromatic heterocycles. The van der Waals surface area contributed by atoms with E-state index >= 15 is 0 Å². The number of rotatable bonds is 5. The van der Waals surface area contributed by atoms with Gasteiger partial charge in [-0.25, -0.2) is 4.68 Å². The number of benzene rings is 1. The molecule has 0 amide bonds. The third kappa shape index (κ3) is 3.40. The van der Waals surface area contributed by atoms with Crippen LogP contribution < -0.4 is 4.74 Å². The molecule has 1 aromatic carbocycles. The topological polar surface area (TPSA) is 57.3 Å². The van der Waals surface area contributed by atoms with Crippen molar-refractivity contribution >= 4 is 5.91 Å². The summed E-state index contributed by atoms with van der Waals surface area (Å²) < 4.78 is 12.7. The predicted octanol–water partition coefficient (Wildman–Crippen LogP) is 4.18. The van der Waals surface area contributed by atoms with Crippen molar-refractivity contribution in [3.05, 3.63) is 71.4 Å². The van der Waals surface area contributed by atoms with Gasteiger partial charge in [-0.15, -0.1) is 0 Å². The zero-order chi connectivity index (χ0) is 17.1. The Morgan fingerprint density at radius 2 is 2.12 bits per heavy atom. The summed E-state index contributed by atoms with van der Waals surface area (Å²) in [5, 5.41) is 3.91. The Kier molecular flexibility index (Phi) is 4.51. The average molecular weight is 324 g/mol. The highest BCUT2D eigenvalue weighted by atomic mass is 16.5. The maximum Gasteiger partial charge on any atom is 0.313 e. The van der Waals surface area contributed by atoms with E-state index in [4.69, 9.17) is 9.15 Å². The van der Waals surface area contributed by atoms with Gasteiger partial charge in [-0.1, -0.05) is 26.0 Å². The average Bonchev–Trinajstić information content (AvgIpc) is 3.24. The normalized spacial score (nSPS) is 11.0. The van der Waals surface area contributed by atoms with Gasteiger partial charge in [-0.3, -0.25) is 4.79 Å². The van der Waals surface area contributed by atoms with E-state index in [2.05, 4.69) is 31.1 Å². The molecule has 2 heterocycles. The fourth-order valence-electron chi connectivity index (χ4n) is 2.46. The van der Waals surface area contributed by atoms with Crippen LogP contribution in [-0.4, -0.2) is 15.7 Å². The summed E-state index contributed by atoms with van der Waals surface area (Å²) in [6.45, 7) is 6.57. The van der Waals surface area contributed by atoms with Crippen molar-refractivity contribution in [1.29, 1.82) is 0 Å². The molecule has 124 valence electrons. The molecule has 0 radical (unpaired) electrons. The fourth-order valence-corrected chi connectivity index (χ4v) is 2.46. The summed E-state index contributed by atoms with van der Waals surface area (Å²) in [5.74, 6) is 1.76. The highest BCUT2D eigenvalue weighted by Gasteiger charge is 2.14. The van der Waals surface area contributed by atoms with Crippen molar-refractivity contribution < 1.29 is 13.9 Å². The number of aromatic nitrogens is 2. The first-order valence-electron chi connectivity index (χ1n) is 7.91. The lowest BCUT2D eigenvalue weighted by Gasteiger charge is -2.14. The van der Waals surface area contributed by atoms with Crippen LogP contribution in [0.4, 0.5) is 0 Å². The van der Waals surface area contributed by atoms with E-state index < -0.39 is 0 Å². The van der Waals surface area contributed by atoms with E-state index in [9.17, 15) is 4.79 Å². The largest absolute Gasteiger partial charge is 0.485 e. The maximum atomic E-state index is 12.1. The summed E-state index contributed by atoms with van der Waals surface area (Å²) >= 11 is 0. The molecule has 0 spiro atoms. The second-order valence-electron chi connectivity index (χ2n) is 6.01. The molecular formula is C19H20N2O3. The SMILES string of the molecule is Cc1ccc(C(C)C)c(OCc2ccc(C(=O)n3cccn3)o2)c1. The van der Waals surface area contributed by atoms with Gasteiger partial charge in [0, 0.05) is 12.4 Å². The minimum absolute atomic E-state index is 0.241. The van der Waals surface area contributed by atoms with Crippen LogP contribution in [0.1, 0.15) is 47.2 Å². The number of hydrogen-bond acceptors (Lipinski definition) is 4. The summed E-state index contributed by atoms with van der Waals surface area (Å²) in [7, 11) is 0. The van der Waals surface area contributed by atoms with E-state index in [1.807, 2.05) is 13.0 Å². The van der Waals surface area contributed by atoms with Gasteiger partial charge >= 0.3 is 5.91 Å². The monoisotopic (exact) mass is 324 g/mol. The molecule has 3 rings (SSSR count). The number of aryl methyl sites for hydroxylation is 1. The number of carbonyl (C=O) groups excluding carboxylic acids is 1. The fraction of sp³-hybridized carbons (Fsp3) is 0.263. The Morgan fingerprint density at radius 1 is 1.29 bits per heavy atom. The molecule has 0 aliphatic rings. The van der Waals surface area contributed by atoms with Gasteiger partial charge in [0.15, 0.2) is 5.76 Å². The van der Waals surface area contributed by atoms with E-state index in [0.29, 0.717) is 11.7 Å². The first-order valence-corrected chi connectivity index (χ1v) is 7.91. The first kappa shape index (κ1) is 16.1. The number of hydrogen-bond donors (Lipinski definition) is 0. The molecule has 3 aromatic rings. The summed E-state index contributed by atoms with van der Waals surface area (Å²) in [6.07, 6.45) is 3.14. The zero-order valence-electron chi connectivity index (χ0n) is 14.0. The van der Waals surface area contributed by atoms with Crippen molar-refractivity contribution in [3.8, 4) is 5.75 Å². The molecule has 0 N–H and O–H groups in total. The third-order valence-corrected chi connectivity index (χ3v) is 3.75. The molecule has 0 atom stereocenters. The van der Waals surface area contributed by atoms with Crippen LogP contribution in [0.2, 0.25) is 0 Å². The Labute approximate surface area is 140 Å². The molecular weight excluding hydrogens is 304 g/mol. The summed E-state index contributed by atoms with van der Waals surface area (Å²) in [6, 6.07) is 11.3. The molecule has 5 nitrogen and oxygen atoms in total. The Hall–Kier alpha value is -2.82. The standard InChI is InChI=1S/C19H20N2O3/c1-13(2)16-7-5-14(3)11-18(16)23-12-15-6-8-17(24-15)19(22)21-10-4-9-20-21/h4-11,13H,12H2,1-3H3. The maximum absolute atomic E-state index is 12.1. The lowest BCUT2D eigenvalue weighted by molar-refractivity contribution is 0.0913. The van der Waals surface area contributed by atoms with Gasteiger partial charge in [0.05, 0.1) is 0 Å². The Morgan fingerprint density at radius 3 is 2.83 bits per heavy atom. The molecule has 24 heavy (non-hydrogen) atoms. The van der Waals surface area contributed by atoms with Crippen molar-refractivity contribution in [3.63, 3.8) is 0 Å². The number of ether oxygens (including phenoxy) is 1. The van der Waals surface area contributed by atoms with Crippen LogP contribution in [0.25, 0.3) is 0 Å². The lowest BCUT2D eigenvalue weighted by Crippen LogP contribution is -2.11. The summed E-state index contributed by atoms with van der Waals surface area (Å²) in [4.78, 5) is 12.1. The van der Waals surface area contributed by atoms with Crippen molar-refractivity contribution in [2.24, 2.45) is 0 Å². The van der Waals surface area contributed by atoms with Gasteiger partial charge in [0.2, 0.25) is 0 Å². The van der Waals surface area contributed by atoms with Gasteiger partial charge in [-0.05, 0) is 48.2 Å². The number of nitrogens with zero attached hydrogens (tertiary/aromatic N) is 2. The molecule has 5 heteroatoms. The van der Waals surface area contributed by atoms with Gasteiger partial charge in [0.1, 0.15) is 18.1 Å². The van der Waals surface area contributed by atoms with Gasteiger partial charge in [0.25, 0.3) is 0 Å². The van der Waals surface area contributed by atoms with E-state index in [1.54, 1.807) is 30.6 Å². The molecule has 0 saturated carbocycles. The lowest BCUT2D eigenvalue weighted by atomic mass is 10.0. The molecule has 0 bridgehead atoms. The van der Waals surface area contributed by atoms with Crippen LogP contribution in [0, 0.1) is 6.92 Å². The van der Waals surface area contributed by atoms with Crippen LogP contribution in [0.15, 0.2) is 53.2 Å². The first-order chi connectivity index (χ1) is 11.5. The molecule has 0 saturated heterocycles. The van der Waals surface area contributed by atoms with Gasteiger partial charge < -0.3 is 9.15 Å². The smallest absolute Gasteiger partial charge is 0.313 e. The highest BCUT2D eigenvalue weighted by molar-refractivity contribution is 5.92. The van der Waals surface area contributed by atoms with E-state index in [-0.39, 0.29) is 18.3 Å². The molecule has 0 aliphatic heterocycles. The summed E-state index contributed by atoms with van der Waals surface area (Å²) in [5.41, 5.74) is 2.29. The minimum Gasteiger partial charge on any atom is -0.485 e. The van der Waals surface area contributed by atoms with Crippen LogP contribution in [0.3, 0.4) is 0 Å². The van der Waals surface area contributed by atoms with E-state index in [1.165, 1.54) is 4.68 Å². The second-order valence-corrected chi connectivity index (χ2v) is 6.01. The Balaban J connectivity index is 1.72. The van der Waals surface area contributed by atoms with Crippen LogP contribution in [-0.2, 0) is 6.61 Å². The molecule has 0 fully saturated rings. The molecule has 0 unspecified atom stereocenters. The highest BCUT2D eigenvalue weighted by Crippen LogP contribution is 2.28. The Bertz CT molecular complexity index is 832. The quantitative estimate of drug-likeness (QED) is 0.706. The second kappa shape index (κ2) is 6.74. The molecule has 0 aliphatic carbocycles. The zero-order valence-corrected chi connectivity index (χ0v) is 14.0. The predicted molar refractivity (Wildman–Crippen MR) is 90.3 cm³/mol. The van der Waals surface area contributed by atoms with Crippen molar-refractivity contribution in [1.82, 2.24) is 9.78 Å². The van der Waals surface area contributed by atoms with Crippen LogP contribution >= 0.6 is 0 Å². The van der Waals surface area contributed by atoms with Crippen molar-refractivity contribution in [2.75, 3.05) is 0 Å². The number of carbonyl (C=O) groups is 1. The minimum atomic E-state index is -0.301. The van der Waals surface area contributed by atoms with Crippen molar-refractivity contribution in [2.45, 2.75) is 33.3 Å².